The van der Waals surface area contributed by atoms with E-state index in [0.717, 1.165) is 0 Å². The molecule has 0 amide bonds. The van der Waals surface area contributed by atoms with E-state index in [9.17, 15) is 4.57 Å². The molecule has 1 unspecified atom stereocenters. The summed E-state index contributed by atoms with van der Waals surface area (Å²) in [4.78, 5) is 0. The lowest BCUT2D eigenvalue weighted by Gasteiger charge is -1.57. The number of rotatable bonds is 0. The second-order valence-corrected chi connectivity index (χ2v) is 3.08. The molecule has 25 valence electrons. The van der Waals surface area contributed by atoms with Crippen molar-refractivity contribution < 1.29 is 4.57 Å². The molecule has 0 aliphatic heterocycles. The van der Waals surface area contributed by atoms with Gasteiger partial charge in [0.1, 0.15) is 7.00 Å². The number of thiol groups is 1. The predicted molar refractivity (Wildman–Crippen MR) is 22.5 cm³/mol. The quantitative estimate of drug-likeness (QED) is 0.354. The van der Waals surface area contributed by atoms with Gasteiger partial charge in [0.2, 0.25) is 0 Å². The van der Waals surface area contributed by atoms with Crippen molar-refractivity contribution in [2.75, 3.05) is 6.66 Å². The average Bonchev–Trinajstić information content (AvgIpc) is 0.811. The monoisotopic (exact) mass is 95.0 g/mol. The molecular weight excluding hydrogens is 91.1 g/mol. The zero-order valence-electron chi connectivity index (χ0n) is 2.30. The zero-order chi connectivity index (χ0) is 3.58. The van der Waals surface area contributed by atoms with Crippen LogP contribution in [0.15, 0.2) is 0 Å². The molecule has 0 aromatic heterocycles. The van der Waals surface area contributed by atoms with Crippen LogP contribution in [-0.4, -0.2) is 6.66 Å². The minimum absolute atomic E-state index is 1.18. The first-order chi connectivity index (χ1) is 1.73. The largest absolute Gasteiger partial charge is 0.276 e. The van der Waals surface area contributed by atoms with Gasteiger partial charge in [-0.25, -0.2) is 0 Å². The predicted octanol–water partition coefficient (Wildman–Crippen LogP) is 1.29. The Morgan fingerprint density at radius 1 is 2.00 bits per heavy atom. The van der Waals surface area contributed by atoms with Crippen LogP contribution in [0.25, 0.3) is 0 Å². The summed E-state index contributed by atoms with van der Waals surface area (Å²) in [7, 11) is -1.18. The summed E-state index contributed by atoms with van der Waals surface area (Å²) < 4.78 is 9.46. The van der Waals surface area contributed by atoms with Crippen LogP contribution in [0.1, 0.15) is 0 Å². The third-order valence-corrected chi connectivity index (χ3v) is 0. The van der Waals surface area contributed by atoms with Gasteiger partial charge < -0.3 is 0 Å². The van der Waals surface area contributed by atoms with Crippen molar-refractivity contribution in [3.63, 3.8) is 0 Å². The maximum Gasteiger partial charge on any atom is 0.126 e. The summed E-state index contributed by atoms with van der Waals surface area (Å²) in [6.07, 6.45) is 0. The van der Waals surface area contributed by atoms with E-state index >= 15 is 0 Å². The van der Waals surface area contributed by atoms with Crippen molar-refractivity contribution in [2.24, 2.45) is 0 Å². The summed E-state index contributed by atoms with van der Waals surface area (Å²) in [6.45, 7) is 1.54. The van der Waals surface area contributed by atoms with Crippen LogP contribution in [0.3, 0.4) is 0 Å². The molecule has 3 heteroatoms. The van der Waals surface area contributed by atoms with Gasteiger partial charge in [-0.2, -0.15) is 0 Å². The van der Waals surface area contributed by atoms with Crippen LogP contribution in [0.4, 0.5) is 0 Å². The first kappa shape index (κ1) is 4.45. The van der Waals surface area contributed by atoms with E-state index in [-0.39, 0.29) is 0 Å². The van der Waals surface area contributed by atoms with Crippen molar-refractivity contribution in [3.05, 3.63) is 0 Å². The van der Waals surface area contributed by atoms with Gasteiger partial charge in [-0.15, -0.1) is 0 Å². The molecule has 0 aromatic rings. The summed E-state index contributed by atoms with van der Waals surface area (Å²) >= 11 is 3.48. The molecule has 0 heterocycles. The fourth-order valence-corrected chi connectivity index (χ4v) is 0. The maximum atomic E-state index is 9.46. The number of hydrogen-bond acceptors (Lipinski definition) is 1. The second kappa shape index (κ2) is 1.74. The zero-order valence-corrected chi connectivity index (χ0v) is 4.09. The Hall–Kier alpha value is 0.450. The first-order valence-corrected chi connectivity index (χ1v) is 3.69. The lowest BCUT2D eigenvalue weighted by Crippen LogP contribution is -1.18. The second-order valence-electron chi connectivity index (χ2n) is 0.464. The molecule has 0 spiro atoms. The Morgan fingerprint density at radius 3 is 2.00 bits per heavy atom. The van der Waals surface area contributed by atoms with Gasteiger partial charge in [0, 0.05) is 6.66 Å². The van der Waals surface area contributed by atoms with E-state index in [4.69, 9.17) is 0 Å². The SMILES string of the molecule is C[P](=O)S. The molecule has 0 saturated carbocycles. The molecule has 0 aromatic carbocycles. The van der Waals surface area contributed by atoms with E-state index in [0.29, 0.717) is 0 Å². The van der Waals surface area contributed by atoms with Crippen LogP contribution >= 0.6 is 19.3 Å². The number of hydrogen-bond donors (Lipinski definition) is 1. The molecule has 0 saturated heterocycles. The van der Waals surface area contributed by atoms with Crippen LogP contribution in [0, 0.1) is 0 Å². The topological polar surface area (TPSA) is 17.1 Å². The van der Waals surface area contributed by atoms with Gasteiger partial charge in [0.25, 0.3) is 0 Å². The highest BCUT2D eigenvalue weighted by Crippen LogP contribution is 2.16. The van der Waals surface area contributed by atoms with Crippen LogP contribution < -0.4 is 0 Å². The average molecular weight is 95.1 g/mol. The highest BCUT2D eigenvalue weighted by atomic mass is 32.7. The van der Waals surface area contributed by atoms with E-state index in [1.54, 1.807) is 6.66 Å². The molecule has 4 heavy (non-hydrogen) atoms. The van der Waals surface area contributed by atoms with Gasteiger partial charge in [0.05, 0.1) is 0 Å². The van der Waals surface area contributed by atoms with Gasteiger partial charge in [-0.05, 0) is 0 Å². The highest BCUT2D eigenvalue weighted by Gasteiger charge is 1.61. The Bertz CT molecular complexity index is 31.0. The van der Waals surface area contributed by atoms with E-state index in [1.807, 2.05) is 0 Å². The normalized spacial score (nSPS) is 11.0. The molecule has 1 radical (unpaired) electrons. The molecule has 0 aliphatic carbocycles. The summed E-state index contributed by atoms with van der Waals surface area (Å²) in [5, 5.41) is 0. The minimum Gasteiger partial charge on any atom is -0.276 e. The molecule has 0 fully saturated rings. The Labute approximate surface area is 31.3 Å². The first-order valence-electron chi connectivity index (χ1n) is 0.830. The van der Waals surface area contributed by atoms with Crippen LogP contribution in [-0.2, 0) is 4.57 Å². The lowest BCUT2D eigenvalue weighted by molar-refractivity contribution is 0.599. The van der Waals surface area contributed by atoms with Crippen molar-refractivity contribution in [3.8, 4) is 0 Å². The maximum absolute atomic E-state index is 9.46. The minimum atomic E-state index is -1.18. The van der Waals surface area contributed by atoms with Crippen molar-refractivity contribution in [1.29, 1.82) is 0 Å². The summed E-state index contributed by atoms with van der Waals surface area (Å²) in [6, 6.07) is 0. The van der Waals surface area contributed by atoms with Gasteiger partial charge >= 0.3 is 0 Å². The van der Waals surface area contributed by atoms with Crippen LogP contribution in [0.5, 0.6) is 0 Å². The highest BCUT2D eigenvalue weighted by molar-refractivity contribution is 8.40. The van der Waals surface area contributed by atoms with E-state index < -0.39 is 7.00 Å². The molecule has 0 N–H and O–H groups in total. The fourth-order valence-electron chi connectivity index (χ4n) is 0. The molecule has 1 atom stereocenters. The fraction of sp³-hybridized carbons (Fsp3) is 1.00. The van der Waals surface area contributed by atoms with E-state index in [2.05, 4.69) is 12.2 Å². The third kappa shape index (κ3) is 25.4. The molecular formula is CH4OPS. The molecule has 1 nitrogen and oxygen atoms in total. The standard InChI is InChI=1S/CH4OPS/c1-3(2)4/h1H3,(H,2,4). The molecule has 0 bridgehead atoms. The van der Waals surface area contributed by atoms with Crippen LogP contribution in [0.2, 0.25) is 0 Å². The van der Waals surface area contributed by atoms with Gasteiger partial charge in [-0.3, -0.25) is 4.57 Å². The van der Waals surface area contributed by atoms with Crippen molar-refractivity contribution in [2.45, 2.75) is 0 Å². The van der Waals surface area contributed by atoms with Crippen molar-refractivity contribution >= 4 is 19.3 Å². The van der Waals surface area contributed by atoms with Gasteiger partial charge in [0.15, 0.2) is 0 Å². The summed E-state index contributed by atoms with van der Waals surface area (Å²) in [5.74, 6) is 0. The van der Waals surface area contributed by atoms with Gasteiger partial charge in [-0.1, -0.05) is 12.2 Å². The van der Waals surface area contributed by atoms with E-state index in [1.165, 1.54) is 0 Å². The Kier molecular flexibility index (Phi) is 1.94. The smallest absolute Gasteiger partial charge is 0.126 e. The lowest BCUT2D eigenvalue weighted by atomic mass is 12.0. The van der Waals surface area contributed by atoms with Crippen molar-refractivity contribution in [1.82, 2.24) is 0 Å². The Balaban J connectivity index is 2.80. The molecule has 0 aliphatic rings. The summed E-state index contributed by atoms with van der Waals surface area (Å²) in [5.41, 5.74) is 0. The third-order valence-electron chi connectivity index (χ3n) is 0. The Morgan fingerprint density at radius 2 is 2.00 bits per heavy atom. The molecule has 0 rings (SSSR count).